The van der Waals surface area contributed by atoms with Crippen LogP contribution >= 0.6 is 0 Å². The van der Waals surface area contributed by atoms with E-state index in [0.717, 1.165) is 18.8 Å². The van der Waals surface area contributed by atoms with Gasteiger partial charge in [0, 0.05) is 38.2 Å². The molecule has 7 nitrogen and oxygen atoms in total. The largest absolute Gasteiger partial charge is 0.335 e. The lowest BCUT2D eigenvalue weighted by Gasteiger charge is -2.31. The zero-order chi connectivity index (χ0) is 18.7. The standard InChI is InChI=1S/C19H25N5O2/c1-14(2)18(25)20-17-13-16(19(26)23-11-9-22(3)10-12-23)21-24(17)15-7-5-4-6-8-15/h4-8,13-14H,9-12H2,1-3H3,(H,20,25). The SMILES string of the molecule is CC(C)C(=O)Nc1cc(C(=O)N2CCN(C)CC2)nn1-c1ccccc1. The van der Waals surface area contributed by atoms with Crippen LogP contribution < -0.4 is 5.32 Å². The molecule has 3 rings (SSSR count). The van der Waals surface area contributed by atoms with Gasteiger partial charge in [0.2, 0.25) is 5.91 Å². The molecule has 1 fully saturated rings. The molecule has 138 valence electrons. The van der Waals surface area contributed by atoms with E-state index < -0.39 is 0 Å². The highest BCUT2D eigenvalue weighted by Gasteiger charge is 2.24. The van der Waals surface area contributed by atoms with Crippen LogP contribution in [0, 0.1) is 5.92 Å². The second kappa shape index (κ2) is 7.70. The molecular formula is C19H25N5O2. The summed E-state index contributed by atoms with van der Waals surface area (Å²) in [5, 5.41) is 7.36. The molecule has 0 saturated carbocycles. The van der Waals surface area contributed by atoms with Crippen LogP contribution in [0.15, 0.2) is 36.4 Å². The summed E-state index contributed by atoms with van der Waals surface area (Å²) in [7, 11) is 2.05. The maximum Gasteiger partial charge on any atom is 0.274 e. The fourth-order valence-corrected chi connectivity index (χ4v) is 2.78. The van der Waals surface area contributed by atoms with Crippen molar-refractivity contribution in [2.45, 2.75) is 13.8 Å². The zero-order valence-electron chi connectivity index (χ0n) is 15.5. The van der Waals surface area contributed by atoms with Crippen molar-refractivity contribution in [3.8, 4) is 5.69 Å². The molecule has 1 aliphatic rings. The summed E-state index contributed by atoms with van der Waals surface area (Å²) in [6.45, 7) is 6.72. The molecule has 1 aromatic carbocycles. The molecule has 1 aliphatic heterocycles. The number of para-hydroxylation sites is 1. The van der Waals surface area contributed by atoms with E-state index in [1.54, 1.807) is 10.7 Å². The van der Waals surface area contributed by atoms with Gasteiger partial charge in [-0.2, -0.15) is 5.10 Å². The van der Waals surface area contributed by atoms with E-state index in [9.17, 15) is 9.59 Å². The summed E-state index contributed by atoms with van der Waals surface area (Å²) in [6, 6.07) is 11.1. The van der Waals surface area contributed by atoms with Crippen LogP contribution in [-0.2, 0) is 4.79 Å². The lowest BCUT2D eigenvalue weighted by Crippen LogP contribution is -2.47. The Balaban J connectivity index is 1.90. The number of nitrogens with one attached hydrogen (secondary N) is 1. The summed E-state index contributed by atoms with van der Waals surface area (Å²) < 4.78 is 1.61. The molecule has 2 heterocycles. The van der Waals surface area contributed by atoms with Crippen LogP contribution in [0.3, 0.4) is 0 Å². The van der Waals surface area contributed by atoms with Crippen molar-refractivity contribution < 1.29 is 9.59 Å². The van der Waals surface area contributed by atoms with Gasteiger partial charge in [0.15, 0.2) is 5.69 Å². The number of rotatable bonds is 4. The highest BCUT2D eigenvalue weighted by molar-refractivity contribution is 5.96. The number of hydrogen-bond donors (Lipinski definition) is 1. The maximum absolute atomic E-state index is 12.8. The summed E-state index contributed by atoms with van der Waals surface area (Å²) in [5.74, 6) is 0.131. The van der Waals surface area contributed by atoms with E-state index in [2.05, 4.69) is 15.3 Å². The average molecular weight is 355 g/mol. The van der Waals surface area contributed by atoms with Crippen molar-refractivity contribution >= 4 is 17.6 Å². The van der Waals surface area contributed by atoms with Gasteiger partial charge in [-0.1, -0.05) is 32.0 Å². The Kier molecular flexibility index (Phi) is 5.37. The number of carbonyl (C=O) groups is 2. The third-order valence-electron chi connectivity index (χ3n) is 4.50. The Hall–Kier alpha value is -2.67. The van der Waals surface area contributed by atoms with Gasteiger partial charge in [0.1, 0.15) is 5.82 Å². The molecule has 2 aromatic rings. The zero-order valence-corrected chi connectivity index (χ0v) is 15.5. The predicted octanol–water partition coefficient (Wildman–Crippen LogP) is 1.85. The second-order valence-corrected chi connectivity index (χ2v) is 6.90. The Labute approximate surface area is 153 Å². The minimum absolute atomic E-state index is 0.104. The first-order valence-corrected chi connectivity index (χ1v) is 8.90. The number of hydrogen-bond acceptors (Lipinski definition) is 4. The van der Waals surface area contributed by atoms with Crippen LogP contribution in [0.4, 0.5) is 5.82 Å². The van der Waals surface area contributed by atoms with E-state index in [0.29, 0.717) is 24.6 Å². The highest BCUT2D eigenvalue weighted by atomic mass is 16.2. The molecule has 0 radical (unpaired) electrons. The molecule has 0 atom stereocenters. The van der Waals surface area contributed by atoms with Crippen LogP contribution in [-0.4, -0.2) is 64.6 Å². The normalized spacial score (nSPS) is 15.3. The van der Waals surface area contributed by atoms with Crippen molar-refractivity contribution in [3.63, 3.8) is 0 Å². The van der Waals surface area contributed by atoms with Crippen molar-refractivity contribution in [3.05, 3.63) is 42.1 Å². The van der Waals surface area contributed by atoms with Gasteiger partial charge >= 0.3 is 0 Å². The van der Waals surface area contributed by atoms with Gasteiger partial charge in [-0.3, -0.25) is 9.59 Å². The van der Waals surface area contributed by atoms with Crippen LogP contribution in [0.25, 0.3) is 5.69 Å². The minimum atomic E-state index is -0.161. The van der Waals surface area contributed by atoms with Crippen molar-refractivity contribution in [2.75, 3.05) is 38.5 Å². The Morgan fingerprint density at radius 3 is 2.35 bits per heavy atom. The van der Waals surface area contributed by atoms with Crippen LogP contribution in [0.2, 0.25) is 0 Å². The topological polar surface area (TPSA) is 70.5 Å². The Bertz CT molecular complexity index is 776. The van der Waals surface area contributed by atoms with Gasteiger partial charge in [0.25, 0.3) is 5.91 Å². The molecule has 0 aliphatic carbocycles. The van der Waals surface area contributed by atoms with Crippen LogP contribution in [0.1, 0.15) is 24.3 Å². The fraction of sp³-hybridized carbons (Fsp3) is 0.421. The first kappa shape index (κ1) is 18.1. The molecule has 1 N–H and O–H groups in total. The average Bonchev–Trinajstić information content (AvgIpc) is 3.06. The lowest BCUT2D eigenvalue weighted by molar-refractivity contribution is -0.118. The number of likely N-dealkylation sites (N-methyl/N-ethyl adjacent to an activating group) is 1. The number of carbonyl (C=O) groups excluding carboxylic acids is 2. The minimum Gasteiger partial charge on any atom is -0.335 e. The number of benzene rings is 1. The first-order valence-electron chi connectivity index (χ1n) is 8.90. The molecule has 1 saturated heterocycles. The number of nitrogens with zero attached hydrogens (tertiary/aromatic N) is 4. The molecular weight excluding hydrogens is 330 g/mol. The summed E-state index contributed by atoms with van der Waals surface area (Å²) in [6.07, 6.45) is 0. The van der Waals surface area contributed by atoms with E-state index in [1.165, 1.54) is 0 Å². The molecule has 0 bridgehead atoms. The quantitative estimate of drug-likeness (QED) is 0.909. The fourth-order valence-electron chi connectivity index (χ4n) is 2.78. The van der Waals surface area contributed by atoms with Gasteiger partial charge in [-0.25, -0.2) is 4.68 Å². The van der Waals surface area contributed by atoms with Gasteiger partial charge < -0.3 is 15.1 Å². The Morgan fingerprint density at radius 2 is 1.73 bits per heavy atom. The van der Waals surface area contributed by atoms with E-state index in [4.69, 9.17) is 0 Å². The molecule has 7 heteroatoms. The summed E-state index contributed by atoms with van der Waals surface area (Å²) in [5.41, 5.74) is 1.14. The highest BCUT2D eigenvalue weighted by Crippen LogP contribution is 2.19. The number of amides is 2. The number of anilines is 1. The molecule has 0 spiro atoms. The third-order valence-corrected chi connectivity index (χ3v) is 4.50. The Morgan fingerprint density at radius 1 is 1.08 bits per heavy atom. The van der Waals surface area contributed by atoms with E-state index >= 15 is 0 Å². The molecule has 0 unspecified atom stereocenters. The van der Waals surface area contributed by atoms with Crippen LogP contribution in [0.5, 0.6) is 0 Å². The second-order valence-electron chi connectivity index (χ2n) is 6.90. The van der Waals surface area contributed by atoms with Gasteiger partial charge in [-0.15, -0.1) is 0 Å². The first-order chi connectivity index (χ1) is 12.5. The number of aromatic nitrogens is 2. The molecule has 2 amide bonds. The number of piperazine rings is 1. The van der Waals surface area contributed by atoms with Gasteiger partial charge in [0.05, 0.1) is 5.69 Å². The van der Waals surface area contributed by atoms with Gasteiger partial charge in [-0.05, 0) is 19.2 Å². The maximum atomic E-state index is 12.8. The monoisotopic (exact) mass is 355 g/mol. The van der Waals surface area contributed by atoms with Crippen molar-refractivity contribution in [1.82, 2.24) is 19.6 Å². The third kappa shape index (κ3) is 3.94. The summed E-state index contributed by atoms with van der Waals surface area (Å²) in [4.78, 5) is 29.0. The smallest absolute Gasteiger partial charge is 0.274 e. The molecule has 1 aromatic heterocycles. The van der Waals surface area contributed by atoms with E-state index in [1.807, 2.05) is 56.1 Å². The summed E-state index contributed by atoms with van der Waals surface area (Å²) >= 11 is 0. The van der Waals surface area contributed by atoms with Crippen molar-refractivity contribution in [2.24, 2.45) is 5.92 Å². The van der Waals surface area contributed by atoms with E-state index in [-0.39, 0.29) is 17.7 Å². The van der Waals surface area contributed by atoms with Crippen molar-refractivity contribution in [1.29, 1.82) is 0 Å². The predicted molar refractivity (Wildman–Crippen MR) is 100 cm³/mol. The molecule has 26 heavy (non-hydrogen) atoms. The lowest BCUT2D eigenvalue weighted by atomic mass is 10.2.